The summed E-state index contributed by atoms with van der Waals surface area (Å²) in [4.78, 5) is 13.3. The van der Waals surface area contributed by atoms with Gasteiger partial charge in [0.2, 0.25) is 0 Å². The van der Waals surface area contributed by atoms with Crippen LogP contribution in [0, 0.1) is 0 Å². The molecular weight excluding hydrogens is 465 g/mol. The lowest BCUT2D eigenvalue weighted by molar-refractivity contribution is 0.129. The standard InChI is InChI=1S/C21H29N5O.HI/c1-22-21(24-16-17-8-7-13-23-20(17)25(2)3)26-14-11-19(12-15-26)27-18-9-5-4-6-10-18;/h4-10,13,19H,11-12,14-16H2,1-3H3,(H,22,24);1H. The fourth-order valence-corrected chi connectivity index (χ4v) is 3.35. The Morgan fingerprint density at radius 3 is 2.54 bits per heavy atom. The molecule has 2 aromatic rings. The van der Waals surface area contributed by atoms with Crippen molar-refractivity contribution < 1.29 is 4.74 Å². The maximum Gasteiger partial charge on any atom is 0.193 e. The monoisotopic (exact) mass is 495 g/mol. The van der Waals surface area contributed by atoms with E-state index >= 15 is 0 Å². The molecule has 1 fully saturated rings. The first kappa shape index (κ1) is 22.3. The number of pyridine rings is 1. The molecule has 0 radical (unpaired) electrons. The van der Waals surface area contributed by atoms with E-state index in [0.717, 1.165) is 49.0 Å². The van der Waals surface area contributed by atoms with Crippen molar-refractivity contribution in [2.24, 2.45) is 4.99 Å². The van der Waals surface area contributed by atoms with Crippen LogP contribution >= 0.6 is 24.0 Å². The van der Waals surface area contributed by atoms with E-state index in [1.165, 1.54) is 0 Å². The molecule has 0 atom stereocenters. The molecule has 0 amide bonds. The van der Waals surface area contributed by atoms with Gasteiger partial charge in [-0.15, -0.1) is 24.0 Å². The molecule has 0 saturated carbocycles. The predicted octanol–water partition coefficient (Wildman–Crippen LogP) is 3.38. The molecule has 1 aliphatic heterocycles. The summed E-state index contributed by atoms with van der Waals surface area (Å²) in [6, 6.07) is 14.1. The van der Waals surface area contributed by atoms with Gasteiger partial charge in [0.15, 0.2) is 5.96 Å². The highest BCUT2D eigenvalue weighted by Crippen LogP contribution is 2.19. The molecule has 2 heterocycles. The van der Waals surface area contributed by atoms with Gasteiger partial charge < -0.3 is 19.9 Å². The number of rotatable bonds is 5. The second-order valence-electron chi connectivity index (χ2n) is 6.90. The molecule has 0 aliphatic carbocycles. The third kappa shape index (κ3) is 5.98. The van der Waals surface area contributed by atoms with E-state index in [0.29, 0.717) is 6.54 Å². The lowest BCUT2D eigenvalue weighted by atomic mass is 10.1. The van der Waals surface area contributed by atoms with Gasteiger partial charge in [0.1, 0.15) is 17.7 Å². The van der Waals surface area contributed by atoms with Gasteiger partial charge in [-0.1, -0.05) is 24.3 Å². The SMILES string of the molecule is CN=C(NCc1cccnc1N(C)C)N1CCC(Oc2ccccc2)CC1.I. The Morgan fingerprint density at radius 1 is 1.18 bits per heavy atom. The number of guanidine groups is 1. The molecule has 0 spiro atoms. The normalized spacial score (nSPS) is 15.0. The molecule has 1 aliphatic rings. The number of likely N-dealkylation sites (tertiary alicyclic amines) is 1. The summed E-state index contributed by atoms with van der Waals surface area (Å²) in [6.45, 7) is 2.57. The van der Waals surface area contributed by atoms with Crippen LogP contribution in [0.4, 0.5) is 5.82 Å². The third-order valence-electron chi connectivity index (χ3n) is 4.73. The molecule has 0 bridgehead atoms. The second kappa shape index (κ2) is 11.1. The molecule has 7 heteroatoms. The number of hydrogen-bond acceptors (Lipinski definition) is 4. The van der Waals surface area contributed by atoms with Gasteiger partial charge in [-0.05, 0) is 18.2 Å². The van der Waals surface area contributed by atoms with Crippen molar-refractivity contribution in [1.82, 2.24) is 15.2 Å². The molecule has 152 valence electrons. The molecule has 6 nitrogen and oxygen atoms in total. The van der Waals surface area contributed by atoms with Crippen LogP contribution in [0.2, 0.25) is 0 Å². The third-order valence-corrected chi connectivity index (χ3v) is 4.73. The average Bonchev–Trinajstić information content (AvgIpc) is 2.70. The number of nitrogens with one attached hydrogen (secondary N) is 1. The minimum atomic E-state index is 0. The Balaban J connectivity index is 0.00000280. The van der Waals surface area contributed by atoms with Gasteiger partial charge in [-0.3, -0.25) is 4.99 Å². The van der Waals surface area contributed by atoms with Crippen LogP contribution in [0.5, 0.6) is 5.75 Å². The van der Waals surface area contributed by atoms with Crippen molar-refractivity contribution in [1.29, 1.82) is 0 Å². The van der Waals surface area contributed by atoms with Crippen LogP contribution < -0.4 is 15.0 Å². The van der Waals surface area contributed by atoms with E-state index < -0.39 is 0 Å². The number of piperidine rings is 1. The first-order chi connectivity index (χ1) is 13.2. The summed E-state index contributed by atoms with van der Waals surface area (Å²) < 4.78 is 6.09. The van der Waals surface area contributed by atoms with Crippen molar-refractivity contribution >= 4 is 35.8 Å². The fraction of sp³-hybridized carbons (Fsp3) is 0.429. The first-order valence-electron chi connectivity index (χ1n) is 9.46. The summed E-state index contributed by atoms with van der Waals surface area (Å²) >= 11 is 0. The number of ether oxygens (including phenoxy) is 1. The van der Waals surface area contributed by atoms with E-state index in [4.69, 9.17) is 4.74 Å². The van der Waals surface area contributed by atoms with E-state index in [1.807, 2.05) is 68.6 Å². The molecule has 3 rings (SSSR count). The second-order valence-corrected chi connectivity index (χ2v) is 6.90. The summed E-state index contributed by atoms with van der Waals surface area (Å²) in [7, 11) is 5.86. The zero-order valence-corrected chi connectivity index (χ0v) is 19.2. The summed E-state index contributed by atoms with van der Waals surface area (Å²) in [5.74, 6) is 2.86. The number of hydrogen-bond donors (Lipinski definition) is 1. The highest BCUT2D eigenvalue weighted by molar-refractivity contribution is 14.0. The first-order valence-corrected chi connectivity index (χ1v) is 9.46. The van der Waals surface area contributed by atoms with Crippen LogP contribution in [0.15, 0.2) is 53.7 Å². The molecule has 1 aromatic carbocycles. The summed E-state index contributed by atoms with van der Waals surface area (Å²) in [6.07, 6.45) is 4.07. The van der Waals surface area contributed by atoms with Crippen molar-refractivity contribution in [3.8, 4) is 5.75 Å². The highest BCUT2D eigenvalue weighted by Gasteiger charge is 2.22. The predicted molar refractivity (Wildman–Crippen MR) is 126 cm³/mol. The van der Waals surface area contributed by atoms with Crippen molar-refractivity contribution in [2.75, 3.05) is 39.1 Å². The van der Waals surface area contributed by atoms with Gasteiger partial charge in [0.05, 0.1) is 0 Å². The maximum absolute atomic E-state index is 6.09. The number of para-hydroxylation sites is 1. The Labute approximate surface area is 185 Å². The van der Waals surface area contributed by atoms with Gasteiger partial charge in [0, 0.05) is 65.4 Å². The van der Waals surface area contributed by atoms with E-state index in [2.05, 4.69) is 26.3 Å². The van der Waals surface area contributed by atoms with Gasteiger partial charge in [-0.25, -0.2) is 4.98 Å². The van der Waals surface area contributed by atoms with Crippen molar-refractivity contribution in [3.05, 3.63) is 54.2 Å². The Hall–Kier alpha value is -2.03. The molecule has 0 unspecified atom stereocenters. The molecule has 1 aromatic heterocycles. The molecule has 1 saturated heterocycles. The smallest absolute Gasteiger partial charge is 0.193 e. The summed E-state index contributed by atoms with van der Waals surface area (Å²) in [5, 5.41) is 3.48. The molecular formula is C21H30IN5O. The van der Waals surface area contributed by atoms with Gasteiger partial charge in [0.25, 0.3) is 0 Å². The van der Waals surface area contributed by atoms with E-state index in [1.54, 1.807) is 0 Å². The quantitative estimate of drug-likeness (QED) is 0.392. The van der Waals surface area contributed by atoms with Crippen LogP contribution in [-0.4, -0.2) is 56.2 Å². The number of nitrogens with zero attached hydrogens (tertiary/aromatic N) is 4. The number of anilines is 1. The zero-order chi connectivity index (χ0) is 19.1. The number of aliphatic imine (C=N–C) groups is 1. The van der Waals surface area contributed by atoms with Crippen LogP contribution in [0.3, 0.4) is 0 Å². The number of benzene rings is 1. The highest BCUT2D eigenvalue weighted by atomic mass is 127. The van der Waals surface area contributed by atoms with Crippen LogP contribution in [0.25, 0.3) is 0 Å². The van der Waals surface area contributed by atoms with E-state index in [9.17, 15) is 0 Å². The topological polar surface area (TPSA) is 53.0 Å². The Kier molecular flexibility index (Phi) is 8.82. The van der Waals surface area contributed by atoms with Gasteiger partial charge in [-0.2, -0.15) is 0 Å². The Bertz CT molecular complexity index is 745. The lowest BCUT2D eigenvalue weighted by Crippen LogP contribution is -2.47. The minimum absolute atomic E-state index is 0. The average molecular weight is 495 g/mol. The number of aromatic nitrogens is 1. The summed E-state index contributed by atoms with van der Waals surface area (Å²) in [5.41, 5.74) is 1.16. The fourth-order valence-electron chi connectivity index (χ4n) is 3.35. The molecule has 1 N–H and O–H groups in total. The Morgan fingerprint density at radius 2 is 1.89 bits per heavy atom. The largest absolute Gasteiger partial charge is 0.490 e. The zero-order valence-electron chi connectivity index (χ0n) is 16.8. The number of halogens is 1. The van der Waals surface area contributed by atoms with Crippen LogP contribution in [-0.2, 0) is 6.54 Å². The molecule has 28 heavy (non-hydrogen) atoms. The lowest BCUT2D eigenvalue weighted by Gasteiger charge is -2.34. The van der Waals surface area contributed by atoms with Crippen LogP contribution in [0.1, 0.15) is 18.4 Å². The van der Waals surface area contributed by atoms with Crippen molar-refractivity contribution in [2.45, 2.75) is 25.5 Å². The maximum atomic E-state index is 6.09. The van der Waals surface area contributed by atoms with Gasteiger partial charge >= 0.3 is 0 Å². The minimum Gasteiger partial charge on any atom is -0.490 e. The van der Waals surface area contributed by atoms with Crippen molar-refractivity contribution in [3.63, 3.8) is 0 Å². The van der Waals surface area contributed by atoms with E-state index in [-0.39, 0.29) is 30.1 Å².